The van der Waals surface area contributed by atoms with Crippen LogP contribution >= 0.6 is 0 Å². The minimum atomic E-state index is -0.109. The number of allylic oxidation sites excluding steroid dienone is 1. The van der Waals surface area contributed by atoms with Gasteiger partial charge < -0.3 is 5.32 Å². The average molecular weight is 221 g/mol. The zero-order valence-corrected chi connectivity index (χ0v) is 10.1. The first-order chi connectivity index (χ1) is 7.74. The molecule has 2 heteroatoms. The summed E-state index contributed by atoms with van der Waals surface area (Å²) in [5, 5.41) is 3.26. The standard InChI is InChI=1S/C14H20FN/c1-3-16-10-6-7-12(2)11-13-8-4-5-9-14(13)15/h4-5,7-9,16H,3,6,10-11H2,1-2H3. The van der Waals surface area contributed by atoms with E-state index >= 15 is 0 Å². The maximum absolute atomic E-state index is 13.4. The molecule has 0 radical (unpaired) electrons. The summed E-state index contributed by atoms with van der Waals surface area (Å²) in [4.78, 5) is 0. The third-order valence-electron chi connectivity index (χ3n) is 2.49. The van der Waals surface area contributed by atoms with E-state index in [1.54, 1.807) is 6.07 Å². The number of halogens is 1. The number of rotatable bonds is 6. The van der Waals surface area contributed by atoms with E-state index in [1.807, 2.05) is 12.1 Å². The summed E-state index contributed by atoms with van der Waals surface area (Å²) < 4.78 is 13.4. The third-order valence-corrected chi connectivity index (χ3v) is 2.49. The Hall–Kier alpha value is -1.15. The molecule has 88 valence electrons. The van der Waals surface area contributed by atoms with Crippen molar-refractivity contribution in [1.29, 1.82) is 0 Å². The van der Waals surface area contributed by atoms with Gasteiger partial charge in [0.2, 0.25) is 0 Å². The molecule has 0 aromatic heterocycles. The lowest BCUT2D eigenvalue weighted by atomic mass is 10.1. The lowest BCUT2D eigenvalue weighted by Crippen LogP contribution is -2.13. The number of benzene rings is 1. The largest absolute Gasteiger partial charge is 0.317 e. The van der Waals surface area contributed by atoms with Gasteiger partial charge in [0.1, 0.15) is 5.82 Å². The maximum Gasteiger partial charge on any atom is 0.126 e. The Kier molecular flexibility index (Phi) is 5.79. The van der Waals surface area contributed by atoms with E-state index in [0.29, 0.717) is 6.42 Å². The highest BCUT2D eigenvalue weighted by molar-refractivity contribution is 5.22. The number of nitrogens with one attached hydrogen (secondary N) is 1. The van der Waals surface area contributed by atoms with Crippen LogP contribution in [0.15, 0.2) is 35.9 Å². The molecular weight excluding hydrogens is 201 g/mol. The van der Waals surface area contributed by atoms with Crippen LogP contribution in [0.3, 0.4) is 0 Å². The van der Waals surface area contributed by atoms with Crippen molar-refractivity contribution in [3.63, 3.8) is 0 Å². The van der Waals surface area contributed by atoms with Crippen LogP contribution in [0, 0.1) is 5.82 Å². The highest BCUT2D eigenvalue weighted by atomic mass is 19.1. The highest BCUT2D eigenvalue weighted by Gasteiger charge is 2.00. The zero-order chi connectivity index (χ0) is 11.8. The molecule has 1 N–H and O–H groups in total. The Morgan fingerprint density at radius 2 is 2.12 bits per heavy atom. The van der Waals surface area contributed by atoms with Gasteiger partial charge >= 0.3 is 0 Å². The molecule has 0 atom stereocenters. The van der Waals surface area contributed by atoms with Gasteiger partial charge in [-0.1, -0.05) is 36.8 Å². The Labute approximate surface area is 97.4 Å². The van der Waals surface area contributed by atoms with Crippen molar-refractivity contribution in [3.8, 4) is 0 Å². The van der Waals surface area contributed by atoms with Crippen LogP contribution in [0.25, 0.3) is 0 Å². The fourth-order valence-electron chi connectivity index (χ4n) is 1.61. The highest BCUT2D eigenvalue weighted by Crippen LogP contribution is 2.12. The van der Waals surface area contributed by atoms with Crippen molar-refractivity contribution in [2.45, 2.75) is 26.7 Å². The molecule has 0 amide bonds. The monoisotopic (exact) mass is 221 g/mol. The number of hydrogen-bond donors (Lipinski definition) is 1. The first-order valence-corrected chi connectivity index (χ1v) is 5.83. The smallest absolute Gasteiger partial charge is 0.126 e. The van der Waals surface area contributed by atoms with Crippen LogP contribution in [0.5, 0.6) is 0 Å². The molecule has 0 unspecified atom stereocenters. The quantitative estimate of drug-likeness (QED) is 0.574. The molecule has 0 saturated carbocycles. The van der Waals surface area contributed by atoms with Crippen molar-refractivity contribution in [3.05, 3.63) is 47.3 Å². The SMILES string of the molecule is CCNCCC=C(C)Cc1ccccc1F. The zero-order valence-electron chi connectivity index (χ0n) is 10.1. The molecule has 0 saturated heterocycles. The van der Waals surface area contributed by atoms with E-state index in [-0.39, 0.29) is 5.82 Å². The Balaban J connectivity index is 2.44. The van der Waals surface area contributed by atoms with Gasteiger partial charge in [-0.3, -0.25) is 0 Å². The second kappa shape index (κ2) is 7.18. The summed E-state index contributed by atoms with van der Waals surface area (Å²) in [5.41, 5.74) is 2.00. The van der Waals surface area contributed by atoms with Crippen molar-refractivity contribution in [2.24, 2.45) is 0 Å². The van der Waals surface area contributed by atoms with E-state index in [2.05, 4.69) is 25.2 Å². The average Bonchev–Trinajstić information content (AvgIpc) is 2.28. The van der Waals surface area contributed by atoms with Gasteiger partial charge in [-0.2, -0.15) is 0 Å². The van der Waals surface area contributed by atoms with E-state index in [9.17, 15) is 4.39 Å². The van der Waals surface area contributed by atoms with Crippen LogP contribution in [-0.4, -0.2) is 13.1 Å². The molecule has 0 aliphatic rings. The molecule has 16 heavy (non-hydrogen) atoms. The second-order valence-corrected chi connectivity index (χ2v) is 3.96. The van der Waals surface area contributed by atoms with Crippen molar-refractivity contribution in [2.75, 3.05) is 13.1 Å². The summed E-state index contributed by atoms with van der Waals surface area (Å²) in [6.45, 7) is 6.14. The van der Waals surface area contributed by atoms with Crippen molar-refractivity contribution < 1.29 is 4.39 Å². The fourth-order valence-corrected chi connectivity index (χ4v) is 1.61. The van der Waals surface area contributed by atoms with Gasteiger partial charge in [-0.05, 0) is 44.5 Å². The van der Waals surface area contributed by atoms with E-state index in [4.69, 9.17) is 0 Å². The predicted octanol–water partition coefficient (Wildman–Crippen LogP) is 3.31. The van der Waals surface area contributed by atoms with E-state index in [0.717, 1.165) is 25.1 Å². The third kappa shape index (κ3) is 4.58. The molecule has 1 aromatic rings. The predicted molar refractivity (Wildman–Crippen MR) is 67.0 cm³/mol. The minimum absolute atomic E-state index is 0.109. The molecule has 0 bridgehead atoms. The first-order valence-electron chi connectivity index (χ1n) is 5.83. The van der Waals surface area contributed by atoms with Crippen LogP contribution in [0.1, 0.15) is 25.8 Å². The van der Waals surface area contributed by atoms with Gasteiger partial charge in [0, 0.05) is 0 Å². The molecule has 1 rings (SSSR count). The van der Waals surface area contributed by atoms with Gasteiger partial charge in [0.05, 0.1) is 0 Å². The normalized spacial score (nSPS) is 11.8. The Bertz CT molecular complexity index is 344. The van der Waals surface area contributed by atoms with E-state index in [1.165, 1.54) is 11.6 Å². The Morgan fingerprint density at radius 1 is 1.38 bits per heavy atom. The van der Waals surface area contributed by atoms with Crippen LogP contribution in [0.4, 0.5) is 4.39 Å². The maximum atomic E-state index is 13.4. The lowest BCUT2D eigenvalue weighted by molar-refractivity contribution is 0.613. The van der Waals surface area contributed by atoms with Gasteiger partial charge in [-0.15, -0.1) is 0 Å². The molecule has 0 aliphatic carbocycles. The van der Waals surface area contributed by atoms with Gasteiger partial charge in [0.15, 0.2) is 0 Å². The molecule has 0 fully saturated rings. The summed E-state index contributed by atoms with van der Waals surface area (Å²) in [6, 6.07) is 6.96. The lowest BCUT2D eigenvalue weighted by Gasteiger charge is -2.04. The van der Waals surface area contributed by atoms with E-state index < -0.39 is 0 Å². The summed E-state index contributed by atoms with van der Waals surface area (Å²) in [5.74, 6) is -0.109. The molecular formula is C14H20FN. The molecule has 1 nitrogen and oxygen atoms in total. The topological polar surface area (TPSA) is 12.0 Å². The fraction of sp³-hybridized carbons (Fsp3) is 0.429. The molecule has 0 spiro atoms. The van der Waals surface area contributed by atoms with Crippen molar-refractivity contribution in [1.82, 2.24) is 5.32 Å². The van der Waals surface area contributed by atoms with Gasteiger partial charge in [0.25, 0.3) is 0 Å². The van der Waals surface area contributed by atoms with Crippen LogP contribution in [-0.2, 0) is 6.42 Å². The minimum Gasteiger partial charge on any atom is -0.317 e. The molecule has 0 heterocycles. The van der Waals surface area contributed by atoms with Crippen LogP contribution in [0.2, 0.25) is 0 Å². The van der Waals surface area contributed by atoms with Crippen LogP contribution < -0.4 is 5.32 Å². The summed E-state index contributed by atoms with van der Waals surface area (Å²) >= 11 is 0. The number of hydrogen-bond acceptors (Lipinski definition) is 1. The summed E-state index contributed by atoms with van der Waals surface area (Å²) in [7, 11) is 0. The van der Waals surface area contributed by atoms with Gasteiger partial charge in [-0.25, -0.2) is 4.39 Å². The van der Waals surface area contributed by atoms with Crippen molar-refractivity contribution >= 4 is 0 Å². The molecule has 1 aromatic carbocycles. The Morgan fingerprint density at radius 3 is 2.81 bits per heavy atom. The summed E-state index contributed by atoms with van der Waals surface area (Å²) in [6.07, 6.45) is 3.89. The first kappa shape index (κ1) is 12.9. The second-order valence-electron chi connectivity index (χ2n) is 3.96. The molecule has 0 aliphatic heterocycles.